The van der Waals surface area contributed by atoms with E-state index in [2.05, 4.69) is 15.0 Å². The summed E-state index contributed by atoms with van der Waals surface area (Å²) >= 11 is 1.49. The lowest BCUT2D eigenvalue weighted by atomic mass is 10.2. The number of rotatable bonds is 5. The van der Waals surface area contributed by atoms with E-state index in [4.69, 9.17) is 0 Å². The second-order valence-electron chi connectivity index (χ2n) is 4.50. The molecule has 0 saturated carbocycles. The lowest BCUT2D eigenvalue weighted by Gasteiger charge is -2.10. The van der Waals surface area contributed by atoms with Gasteiger partial charge < -0.3 is 10.1 Å². The molecule has 0 aliphatic carbocycles. The standard InChI is InChI=1S/C15H16N2O3S/c1-10(15(19)20-2)16-13(18)8-12-9-21-14(17-12)11-6-4-3-5-7-11/h3-7,9-10H,8H2,1-2H3,(H,16,18)/t10-/m0/s1. The van der Waals surface area contributed by atoms with E-state index in [0.29, 0.717) is 5.69 Å². The van der Waals surface area contributed by atoms with Crippen LogP contribution in [0.2, 0.25) is 0 Å². The highest BCUT2D eigenvalue weighted by Crippen LogP contribution is 2.23. The summed E-state index contributed by atoms with van der Waals surface area (Å²) in [7, 11) is 1.29. The van der Waals surface area contributed by atoms with Crippen molar-refractivity contribution in [3.8, 4) is 10.6 Å². The van der Waals surface area contributed by atoms with E-state index in [0.717, 1.165) is 10.6 Å². The Bertz CT molecular complexity index is 625. The molecule has 0 unspecified atom stereocenters. The number of esters is 1. The topological polar surface area (TPSA) is 68.3 Å². The molecule has 1 aromatic heterocycles. The Kier molecular flexibility index (Phi) is 5.05. The fourth-order valence-electron chi connectivity index (χ4n) is 1.79. The Morgan fingerprint density at radius 1 is 1.33 bits per heavy atom. The Hall–Kier alpha value is -2.21. The molecular weight excluding hydrogens is 288 g/mol. The minimum Gasteiger partial charge on any atom is -0.467 e. The summed E-state index contributed by atoms with van der Waals surface area (Å²) < 4.78 is 4.56. The van der Waals surface area contributed by atoms with Crippen LogP contribution in [0.25, 0.3) is 10.6 Å². The molecule has 0 radical (unpaired) electrons. The highest BCUT2D eigenvalue weighted by molar-refractivity contribution is 7.13. The van der Waals surface area contributed by atoms with Gasteiger partial charge in [-0.15, -0.1) is 11.3 Å². The Labute approximate surface area is 127 Å². The number of amides is 1. The first-order valence-corrected chi connectivity index (χ1v) is 7.35. The number of aromatic nitrogens is 1. The predicted octanol–water partition coefficient (Wildman–Crippen LogP) is 2.03. The highest BCUT2D eigenvalue weighted by atomic mass is 32.1. The first-order valence-electron chi connectivity index (χ1n) is 6.47. The molecule has 0 fully saturated rings. The summed E-state index contributed by atoms with van der Waals surface area (Å²) in [6.45, 7) is 1.58. The first-order chi connectivity index (χ1) is 10.1. The van der Waals surface area contributed by atoms with Gasteiger partial charge in [0.1, 0.15) is 11.0 Å². The van der Waals surface area contributed by atoms with Gasteiger partial charge in [-0.2, -0.15) is 0 Å². The van der Waals surface area contributed by atoms with Gasteiger partial charge in [-0.25, -0.2) is 9.78 Å². The predicted molar refractivity (Wildman–Crippen MR) is 80.9 cm³/mol. The van der Waals surface area contributed by atoms with E-state index in [1.54, 1.807) is 6.92 Å². The van der Waals surface area contributed by atoms with E-state index >= 15 is 0 Å². The average molecular weight is 304 g/mol. The summed E-state index contributed by atoms with van der Waals surface area (Å²) in [6, 6.07) is 9.13. The number of benzene rings is 1. The molecule has 5 nitrogen and oxygen atoms in total. The van der Waals surface area contributed by atoms with Crippen LogP contribution in [0.15, 0.2) is 35.7 Å². The first kappa shape index (κ1) is 15.2. The van der Waals surface area contributed by atoms with Crippen molar-refractivity contribution in [3.05, 3.63) is 41.4 Å². The zero-order valence-corrected chi connectivity index (χ0v) is 12.6. The summed E-state index contributed by atoms with van der Waals surface area (Å²) in [5.41, 5.74) is 1.71. The Balaban J connectivity index is 1.97. The molecule has 1 aromatic carbocycles. The molecule has 0 spiro atoms. The van der Waals surface area contributed by atoms with E-state index < -0.39 is 12.0 Å². The Morgan fingerprint density at radius 2 is 2.05 bits per heavy atom. The number of ether oxygens (including phenoxy) is 1. The number of methoxy groups -OCH3 is 1. The van der Waals surface area contributed by atoms with Gasteiger partial charge in [0.05, 0.1) is 19.2 Å². The van der Waals surface area contributed by atoms with Crippen molar-refractivity contribution in [3.63, 3.8) is 0 Å². The number of hydrogen-bond donors (Lipinski definition) is 1. The van der Waals surface area contributed by atoms with E-state index in [1.807, 2.05) is 35.7 Å². The van der Waals surface area contributed by atoms with Crippen molar-refractivity contribution < 1.29 is 14.3 Å². The van der Waals surface area contributed by atoms with Crippen molar-refractivity contribution >= 4 is 23.2 Å². The molecule has 1 N–H and O–H groups in total. The molecular formula is C15H16N2O3S. The molecule has 110 valence electrons. The molecule has 1 amide bonds. The van der Waals surface area contributed by atoms with Crippen LogP contribution >= 0.6 is 11.3 Å². The third-order valence-corrected chi connectivity index (χ3v) is 3.79. The lowest BCUT2D eigenvalue weighted by Crippen LogP contribution is -2.39. The van der Waals surface area contributed by atoms with E-state index in [-0.39, 0.29) is 12.3 Å². The van der Waals surface area contributed by atoms with Gasteiger partial charge >= 0.3 is 5.97 Å². The summed E-state index contributed by atoms with van der Waals surface area (Å²) in [5, 5.41) is 5.31. The maximum atomic E-state index is 11.8. The molecule has 2 aromatic rings. The van der Waals surface area contributed by atoms with Crippen LogP contribution in [-0.2, 0) is 20.7 Å². The lowest BCUT2D eigenvalue weighted by molar-refractivity contribution is -0.144. The fourth-order valence-corrected chi connectivity index (χ4v) is 2.62. The van der Waals surface area contributed by atoms with Gasteiger partial charge in [-0.05, 0) is 6.92 Å². The number of thiazole rings is 1. The molecule has 2 rings (SSSR count). The molecule has 1 heterocycles. The number of carbonyl (C=O) groups excluding carboxylic acids is 2. The van der Waals surface area contributed by atoms with E-state index in [1.165, 1.54) is 18.4 Å². The zero-order chi connectivity index (χ0) is 15.2. The van der Waals surface area contributed by atoms with Crippen LogP contribution in [0.3, 0.4) is 0 Å². The van der Waals surface area contributed by atoms with Crippen LogP contribution in [-0.4, -0.2) is 30.0 Å². The van der Waals surface area contributed by atoms with Crippen molar-refractivity contribution in [2.75, 3.05) is 7.11 Å². The molecule has 1 atom stereocenters. The Morgan fingerprint density at radius 3 is 2.71 bits per heavy atom. The molecule has 0 aliphatic rings. The fraction of sp³-hybridized carbons (Fsp3) is 0.267. The second-order valence-corrected chi connectivity index (χ2v) is 5.36. The number of hydrogen-bond acceptors (Lipinski definition) is 5. The van der Waals surface area contributed by atoms with Crippen LogP contribution in [0.5, 0.6) is 0 Å². The van der Waals surface area contributed by atoms with Gasteiger partial charge in [-0.1, -0.05) is 30.3 Å². The minimum absolute atomic E-state index is 0.144. The van der Waals surface area contributed by atoms with Crippen molar-refractivity contribution in [2.45, 2.75) is 19.4 Å². The van der Waals surface area contributed by atoms with Crippen LogP contribution in [0.1, 0.15) is 12.6 Å². The SMILES string of the molecule is COC(=O)[C@H](C)NC(=O)Cc1csc(-c2ccccc2)n1. The second kappa shape index (κ2) is 6.99. The monoisotopic (exact) mass is 304 g/mol. The van der Waals surface area contributed by atoms with Gasteiger partial charge in [0, 0.05) is 10.9 Å². The quantitative estimate of drug-likeness (QED) is 0.858. The van der Waals surface area contributed by atoms with Gasteiger partial charge in [-0.3, -0.25) is 4.79 Å². The summed E-state index contributed by atoms with van der Waals surface area (Å²) in [6.07, 6.45) is 0.144. The highest BCUT2D eigenvalue weighted by Gasteiger charge is 2.16. The minimum atomic E-state index is -0.658. The largest absolute Gasteiger partial charge is 0.467 e. The molecule has 6 heteroatoms. The van der Waals surface area contributed by atoms with Gasteiger partial charge in [0.25, 0.3) is 0 Å². The zero-order valence-electron chi connectivity index (χ0n) is 11.8. The normalized spacial score (nSPS) is 11.7. The number of nitrogens with zero attached hydrogens (tertiary/aromatic N) is 1. The molecule has 0 bridgehead atoms. The maximum Gasteiger partial charge on any atom is 0.328 e. The third-order valence-electron chi connectivity index (χ3n) is 2.85. The molecule has 0 aliphatic heterocycles. The summed E-state index contributed by atoms with van der Waals surface area (Å²) in [4.78, 5) is 27.5. The smallest absolute Gasteiger partial charge is 0.328 e. The number of nitrogens with one attached hydrogen (secondary N) is 1. The van der Waals surface area contributed by atoms with Crippen molar-refractivity contribution in [1.29, 1.82) is 0 Å². The van der Waals surface area contributed by atoms with Crippen molar-refractivity contribution in [1.82, 2.24) is 10.3 Å². The van der Waals surface area contributed by atoms with Gasteiger partial charge in [0.15, 0.2) is 0 Å². The van der Waals surface area contributed by atoms with Gasteiger partial charge in [0.2, 0.25) is 5.91 Å². The average Bonchev–Trinajstić information content (AvgIpc) is 2.95. The van der Waals surface area contributed by atoms with Crippen LogP contribution in [0.4, 0.5) is 0 Å². The van der Waals surface area contributed by atoms with Crippen LogP contribution < -0.4 is 5.32 Å². The van der Waals surface area contributed by atoms with Crippen molar-refractivity contribution in [2.24, 2.45) is 0 Å². The summed E-state index contributed by atoms with van der Waals surface area (Å²) in [5.74, 6) is -0.718. The maximum absolute atomic E-state index is 11.8. The third kappa shape index (κ3) is 4.13. The van der Waals surface area contributed by atoms with Crippen LogP contribution in [0, 0.1) is 0 Å². The molecule has 21 heavy (non-hydrogen) atoms. The molecule has 0 saturated heterocycles. The number of carbonyl (C=O) groups is 2. The van der Waals surface area contributed by atoms with E-state index in [9.17, 15) is 9.59 Å².